The molecule has 384 valence electrons. The minimum Gasteiger partial charge on any atom is -0.462 e. The Bertz CT molecular complexity index is 1450. The third-order valence-corrected chi connectivity index (χ3v) is 11.2. The van der Waals surface area contributed by atoms with Gasteiger partial charge < -0.3 is 14.2 Å². The number of hydrogen-bond donors (Lipinski definition) is 0. The zero-order valence-electron chi connectivity index (χ0n) is 43.8. The summed E-state index contributed by atoms with van der Waals surface area (Å²) in [6, 6.07) is 0. The molecule has 0 bridgehead atoms. The Hall–Kier alpha value is -4.19. The Kier molecular flexibility index (Phi) is 52.0. The zero-order valence-corrected chi connectivity index (χ0v) is 43.8. The molecule has 0 radical (unpaired) electrons. The molecule has 0 heterocycles. The van der Waals surface area contributed by atoms with Gasteiger partial charge in [-0.15, -0.1) is 0 Å². The summed E-state index contributed by atoms with van der Waals surface area (Å²) in [5.74, 6) is -1.04. The van der Waals surface area contributed by atoms with Crippen LogP contribution < -0.4 is 0 Å². The van der Waals surface area contributed by atoms with Crippen molar-refractivity contribution in [3.8, 4) is 0 Å². The minimum atomic E-state index is -0.833. The van der Waals surface area contributed by atoms with Gasteiger partial charge in [-0.2, -0.15) is 0 Å². The number of rotatable bonds is 48. The molecular weight excluding hydrogens is 841 g/mol. The lowest BCUT2D eigenvalue weighted by Crippen LogP contribution is -2.30. The van der Waals surface area contributed by atoms with Crippen molar-refractivity contribution in [2.24, 2.45) is 0 Å². The van der Waals surface area contributed by atoms with E-state index in [1.165, 1.54) is 83.5 Å². The van der Waals surface area contributed by atoms with Gasteiger partial charge in [-0.05, 0) is 96.3 Å². The van der Waals surface area contributed by atoms with E-state index < -0.39 is 6.10 Å². The van der Waals surface area contributed by atoms with Gasteiger partial charge in [0, 0.05) is 19.3 Å². The van der Waals surface area contributed by atoms with Gasteiger partial charge in [-0.1, -0.05) is 239 Å². The van der Waals surface area contributed by atoms with E-state index in [0.717, 1.165) is 96.3 Å². The summed E-state index contributed by atoms with van der Waals surface area (Å²) in [4.78, 5) is 38.1. The molecule has 0 spiro atoms. The van der Waals surface area contributed by atoms with Crippen LogP contribution in [0.1, 0.15) is 233 Å². The molecule has 6 nitrogen and oxygen atoms in total. The van der Waals surface area contributed by atoms with Crippen LogP contribution in [0.5, 0.6) is 0 Å². The Morgan fingerprint density at radius 1 is 0.309 bits per heavy atom. The van der Waals surface area contributed by atoms with E-state index in [-0.39, 0.29) is 44.0 Å². The van der Waals surface area contributed by atoms with Gasteiger partial charge >= 0.3 is 17.9 Å². The normalized spacial score (nSPS) is 13.0. The number of hydrogen-bond acceptors (Lipinski definition) is 6. The van der Waals surface area contributed by atoms with Crippen LogP contribution >= 0.6 is 0 Å². The smallest absolute Gasteiger partial charge is 0.306 e. The average Bonchev–Trinajstić information content (AvgIpc) is 3.34. The zero-order chi connectivity index (χ0) is 49.3. The third kappa shape index (κ3) is 52.8. The van der Waals surface area contributed by atoms with E-state index in [2.05, 4.69) is 142 Å². The van der Waals surface area contributed by atoms with Gasteiger partial charge in [0.25, 0.3) is 0 Å². The van der Waals surface area contributed by atoms with Gasteiger partial charge in [0.05, 0.1) is 0 Å². The van der Waals surface area contributed by atoms with Crippen LogP contribution in [0.2, 0.25) is 0 Å². The lowest BCUT2D eigenvalue weighted by atomic mass is 10.0. The van der Waals surface area contributed by atoms with Gasteiger partial charge in [0.15, 0.2) is 6.10 Å². The molecule has 0 aliphatic heterocycles. The summed E-state index contributed by atoms with van der Waals surface area (Å²) in [6.07, 6.45) is 76.2. The van der Waals surface area contributed by atoms with Crippen LogP contribution in [0.3, 0.4) is 0 Å². The second-order valence-corrected chi connectivity index (χ2v) is 17.7. The van der Waals surface area contributed by atoms with Crippen molar-refractivity contribution in [1.29, 1.82) is 0 Å². The van der Waals surface area contributed by atoms with E-state index in [0.29, 0.717) is 19.3 Å². The Labute approximate surface area is 418 Å². The molecule has 0 aromatic carbocycles. The number of carbonyl (C=O) groups excluding carboxylic acids is 3. The molecular formula is C62H100O6. The maximum absolute atomic E-state index is 12.8. The number of allylic oxidation sites excluding steroid dienone is 20. The molecule has 0 N–H and O–H groups in total. The van der Waals surface area contributed by atoms with E-state index >= 15 is 0 Å². The van der Waals surface area contributed by atoms with Gasteiger partial charge in [0.2, 0.25) is 0 Å². The molecule has 0 aromatic rings. The summed E-state index contributed by atoms with van der Waals surface area (Å²) in [7, 11) is 0. The van der Waals surface area contributed by atoms with Crippen LogP contribution in [-0.2, 0) is 28.6 Å². The van der Waals surface area contributed by atoms with Crippen LogP contribution in [0.4, 0.5) is 0 Å². The first-order valence-corrected chi connectivity index (χ1v) is 27.5. The summed E-state index contributed by atoms with van der Waals surface area (Å²) in [5.41, 5.74) is 0. The molecule has 0 saturated carbocycles. The number of unbranched alkanes of at least 4 members (excludes halogenated alkanes) is 17. The fraction of sp³-hybridized carbons (Fsp3) is 0.629. The molecule has 0 fully saturated rings. The van der Waals surface area contributed by atoms with Crippen molar-refractivity contribution in [2.45, 2.75) is 239 Å². The number of carbonyl (C=O) groups is 3. The van der Waals surface area contributed by atoms with E-state index in [4.69, 9.17) is 14.2 Å². The Morgan fingerprint density at radius 3 is 0.897 bits per heavy atom. The molecule has 0 aliphatic carbocycles. The first-order chi connectivity index (χ1) is 33.5. The topological polar surface area (TPSA) is 78.9 Å². The summed E-state index contributed by atoms with van der Waals surface area (Å²) in [5, 5.41) is 0. The molecule has 0 saturated heterocycles. The highest BCUT2D eigenvalue weighted by Gasteiger charge is 2.19. The van der Waals surface area contributed by atoms with Crippen molar-refractivity contribution in [3.05, 3.63) is 122 Å². The molecule has 1 unspecified atom stereocenters. The molecule has 6 heteroatoms. The summed E-state index contributed by atoms with van der Waals surface area (Å²) >= 11 is 0. The number of esters is 3. The fourth-order valence-corrected chi connectivity index (χ4v) is 7.16. The minimum absolute atomic E-state index is 0.120. The predicted octanol–water partition coefficient (Wildman–Crippen LogP) is 18.5. The van der Waals surface area contributed by atoms with Gasteiger partial charge in [0.1, 0.15) is 13.2 Å². The third-order valence-electron chi connectivity index (χ3n) is 11.2. The summed E-state index contributed by atoms with van der Waals surface area (Å²) in [6.45, 7) is 6.31. The van der Waals surface area contributed by atoms with E-state index in [1.807, 2.05) is 0 Å². The largest absolute Gasteiger partial charge is 0.462 e. The van der Waals surface area contributed by atoms with Gasteiger partial charge in [-0.3, -0.25) is 14.4 Å². The second kappa shape index (κ2) is 55.4. The molecule has 0 aliphatic rings. The Balaban J connectivity index is 4.57. The van der Waals surface area contributed by atoms with Gasteiger partial charge in [-0.25, -0.2) is 0 Å². The number of ether oxygens (including phenoxy) is 3. The monoisotopic (exact) mass is 941 g/mol. The van der Waals surface area contributed by atoms with E-state index in [9.17, 15) is 14.4 Å². The molecule has 0 rings (SSSR count). The second-order valence-electron chi connectivity index (χ2n) is 17.7. The fourth-order valence-electron chi connectivity index (χ4n) is 7.16. The lowest BCUT2D eigenvalue weighted by molar-refractivity contribution is -0.167. The van der Waals surface area contributed by atoms with Crippen LogP contribution in [0, 0.1) is 0 Å². The molecule has 1 atom stereocenters. The quantitative estimate of drug-likeness (QED) is 0.0262. The van der Waals surface area contributed by atoms with Crippen LogP contribution in [-0.4, -0.2) is 37.2 Å². The van der Waals surface area contributed by atoms with Crippen molar-refractivity contribution < 1.29 is 28.6 Å². The maximum atomic E-state index is 12.8. The van der Waals surface area contributed by atoms with Crippen molar-refractivity contribution in [2.75, 3.05) is 13.2 Å². The van der Waals surface area contributed by atoms with Crippen LogP contribution in [0.25, 0.3) is 0 Å². The molecule has 0 aromatic heterocycles. The highest BCUT2D eigenvalue weighted by Crippen LogP contribution is 2.15. The van der Waals surface area contributed by atoms with Crippen molar-refractivity contribution in [1.82, 2.24) is 0 Å². The van der Waals surface area contributed by atoms with Crippen molar-refractivity contribution >= 4 is 17.9 Å². The first kappa shape index (κ1) is 63.8. The predicted molar refractivity (Wildman–Crippen MR) is 293 cm³/mol. The average molecular weight is 941 g/mol. The first-order valence-electron chi connectivity index (χ1n) is 27.5. The maximum Gasteiger partial charge on any atom is 0.306 e. The standard InChI is InChI=1S/C62H100O6/c1-4-7-10-13-16-19-22-25-28-31-34-37-40-43-46-49-52-55-61(64)67-58-59(57-66-60(63)54-51-48-45-42-39-36-33-30-27-24-21-18-15-12-9-6-3)68-62(65)56-53-50-47-44-41-38-35-32-29-26-23-20-17-14-11-8-5-2/h7-8,10-11,16-17,19-20,25-26,28-29,34-35,37-38,43-44,46-47,59H,4-6,9,12-15,18,21-24,27,30-33,36,39-42,45,48-58H2,1-3H3/b10-7-,11-8-,19-16-,20-17-,28-25-,29-26-,37-34-,38-35-,46-43-,47-44-. The highest BCUT2D eigenvalue weighted by atomic mass is 16.6. The lowest BCUT2D eigenvalue weighted by Gasteiger charge is -2.18. The molecule has 68 heavy (non-hydrogen) atoms. The SMILES string of the molecule is CC/C=C\C/C=C\C/C=C\C/C=C\C/C=C\CCCC(=O)OCC(COC(=O)CCCCCCCCCCCCCCCCCC)OC(=O)CCC/C=C\C/C=C\C/C=C\C/C=C\C/C=C\CC. The molecule has 0 amide bonds. The summed E-state index contributed by atoms with van der Waals surface area (Å²) < 4.78 is 16.7. The highest BCUT2D eigenvalue weighted by molar-refractivity contribution is 5.71. The van der Waals surface area contributed by atoms with Crippen molar-refractivity contribution in [3.63, 3.8) is 0 Å². The van der Waals surface area contributed by atoms with Crippen LogP contribution in [0.15, 0.2) is 122 Å². The Morgan fingerprint density at radius 2 is 0.574 bits per heavy atom. The van der Waals surface area contributed by atoms with E-state index in [1.54, 1.807) is 0 Å².